The second-order valence-corrected chi connectivity index (χ2v) is 6.95. The van der Waals surface area contributed by atoms with E-state index in [1.165, 1.54) is 5.56 Å². The molecule has 0 radical (unpaired) electrons. The smallest absolute Gasteiger partial charge is 0.187 e. The molecular formula is C19H20ClN3OS. The Morgan fingerprint density at radius 3 is 2.52 bits per heavy atom. The lowest BCUT2D eigenvalue weighted by Crippen LogP contribution is -2.18. The van der Waals surface area contributed by atoms with Crippen molar-refractivity contribution in [3.63, 3.8) is 0 Å². The molecule has 0 aliphatic carbocycles. The minimum absolute atomic E-state index is 0.233. The molecule has 0 saturated heterocycles. The Morgan fingerprint density at radius 1 is 1.12 bits per heavy atom. The number of nitrogens with zero attached hydrogens (tertiary/aromatic N) is 1. The molecule has 0 fully saturated rings. The summed E-state index contributed by atoms with van der Waals surface area (Å²) in [6.45, 7) is 2.84. The van der Waals surface area contributed by atoms with Crippen LogP contribution in [0.3, 0.4) is 0 Å². The number of rotatable bonds is 7. The largest absolute Gasteiger partial charge is 0.497 e. The van der Waals surface area contributed by atoms with Gasteiger partial charge in [-0.05, 0) is 48.9 Å². The van der Waals surface area contributed by atoms with Gasteiger partial charge in [0.15, 0.2) is 5.13 Å². The third kappa shape index (κ3) is 4.95. The van der Waals surface area contributed by atoms with Crippen molar-refractivity contribution in [3.05, 3.63) is 70.2 Å². The van der Waals surface area contributed by atoms with Crippen LogP contribution in [0.15, 0.2) is 53.9 Å². The molecule has 1 atom stereocenters. The molecule has 0 unspecified atom stereocenters. The normalized spacial score (nSPS) is 12.0. The van der Waals surface area contributed by atoms with Gasteiger partial charge in [-0.3, -0.25) is 0 Å². The molecule has 1 aromatic heterocycles. The third-order valence-corrected chi connectivity index (χ3v) is 4.91. The van der Waals surface area contributed by atoms with Gasteiger partial charge in [-0.1, -0.05) is 23.7 Å². The van der Waals surface area contributed by atoms with Crippen LogP contribution in [-0.2, 0) is 6.54 Å². The average molecular weight is 374 g/mol. The van der Waals surface area contributed by atoms with Crippen LogP contribution in [0.1, 0.15) is 24.2 Å². The highest BCUT2D eigenvalue weighted by molar-refractivity contribution is 7.13. The molecule has 0 spiro atoms. The van der Waals surface area contributed by atoms with Crippen LogP contribution < -0.4 is 15.4 Å². The quantitative estimate of drug-likeness (QED) is 0.582. The second-order valence-electron chi connectivity index (χ2n) is 5.65. The second kappa shape index (κ2) is 8.34. The van der Waals surface area contributed by atoms with Gasteiger partial charge in [0, 0.05) is 28.7 Å². The van der Waals surface area contributed by atoms with Gasteiger partial charge in [0.05, 0.1) is 12.8 Å². The van der Waals surface area contributed by atoms with Gasteiger partial charge in [-0.25, -0.2) is 4.98 Å². The van der Waals surface area contributed by atoms with E-state index in [0.717, 1.165) is 27.3 Å². The molecule has 4 nitrogen and oxygen atoms in total. The number of hydrogen-bond donors (Lipinski definition) is 2. The van der Waals surface area contributed by atoms with E-state index in [4.69, 9.17) is 16.3 Å². The van der Waals surface area contributed by atoms with Crippen LogP contribution in [0, 0.1) is 0 Å². The summed E-state index contributed by atoms with van der Waals surface area (Å²) >= 11 is 7.53. The van der Waals surface area contributed by atoms with Crippen molar-refractivity contribution >= 4 is 33.8 Å². The van der Waals surface area contributed by atoms with Crippen LogP contribution in [-0.4, -0.2) is 12.1 Å². The number of aromatic nitrogens is 1. The van der Waals surface area contributed by atoms with E-state index in [-0.39, 0.29) is 6.04 Å². The molecule has 0 bridgehead atoms. The minimum Gasteiger partial charge on any atom is -0.497 e. The van der Waals surface area contributed by atoms with Gasteiger partial charge < -0.3 is 15.4 Å². The maximum Gasteiger partial charge on any atom is 0.187 e. The van der Waals surface area contributed by atoms with Crippen molar-refractivity contribution in [1.29, 1.82) is 0 Å². The molecule has 0 aliphatic heterocycles. The highest BCUT2D eigenvalue weighted by Crippen LogP contribution is 2.23. The number of methoxy groups -OCH3 is 1. The summed E-state index contributed by atoms with van der Waals surface area (Å²) in [4.78, 5) is 4.62. The zero-order valence-corrected chi connectivity index (χ0v) is 15.7. The van der Waals surface area contributed by atoms with E-state index in [2.05, 4.69) is 27.9 Å². The minimum atomic E-state index is 0.233. The first-order valence-electron chi connectivity index (χ1n) is 7.98. The fourth-order valence-corrected chi connectivity index (χ4v) is 3.23. The summed E-state index contributed by atoms with van der Waals surface area (Å²) in [6.07, 6.45) is 0. The van der Waals surface area contributed by atoms with E-state index in [0.29, 0.717) is 6.54 Å². The number of nitrogens with one attached hydrogen (secondary N) is 2. The van der Waals surface area contributed by atoms with Crippen molar-refractivity contribution < 1.29 is 4.74 Å². The maximum absolute atomic E-state index is 5.93. The predicted molar refractivity (Wildman–Crippen MR) is 105 cm³/mol. The van der Waals surface area contributed by atoms with E-state index < -0.39 is 0 Å². The third-order valence-electron chi connectivity index (χ3n) is 3.85. The monoisotopic (exact) mass is 373 g/mol. The number of anilines is 2. The van der Waals surface area contributed by atoms with Crippen LogP contribution in [0.5, 0.6) is 5.75 Å². The Labute approximate surface area is 156 Å². The molecular weight excluding hydrogens is 354 g/mol. The van der Waals surface area contributed by atoms with E-state index in [1.807, 2.05) is 48.5 Å². The molecule has 25 heavy (non-hydrogen) atoms. The molecule has 3 aromatic rings. The first kappa shape index (κ1) is 17.7. The summed E-state index contributed by atoms with van der Waals surface area (Å²) in [7, 11) is 1.66. The zero-order valence-electron chi connectivity index (χ0n) is 14.1. The molecule has 1 heterocycles. The highest BCUT2D eigenvalue weighted by Gasteiger charge is 2.07. The standard InChI is InChI=1S/C19H20ClN3OS/c1-13(14-3-5-15(20)6-4-14)21-11-17-12-25-19(23-17)22-16-7-9-18(24-2)10-8-16/h3-10,12-13,21H,11H2,1-2H3,(H,22,23)/t13-/m1/s1. The molecule has 0 amide bonds. The lowest BCUT2D eigenvalue weighted by molar-refractivity contribution is 0.415. The summed E-state index contributed by atoms with van der Waals surface area (Å²) in [5.41, 5.74) is 3.21. The van der Waals surface area contributed by atoms with Gasteiger partial charge in [0.2, 0.25) is 0 Å². The van der Waals surface area contributed by atoms with Crippen LogP contribution in [0.4, 0.5) is 10.8 Å². The molecule has 6 heteroatoms. The Hall–Kier alpha value is -2.08. The van der Waals surface area contributed by atoms with Gasteiger partial charge >= 0.3 is 0 Å². The molecule has 130 valence electrons. The first-order valence-corrected chi connectivity index (χ1v) is 9.24. The van der Waals surface area contributed by atoms with E-state index >= 15 is 0 Å². The molecule has 0 aliphatic rings. The SMILES string of the molecule is COc1ccc(Nc2nc(CN[C@H](C)c3ccc(Cl)cc3)cs2)cc1. The zero-order chi connectivity index (χ0) is 17.6. The Morgan fingerprint density at radius 2 is 1.84 bits per heavy atom. The van der Waals surface area contributed by atoms with Crippen molar-refractivity contribution in [2.75, 3.05) is 12.4 Å². The fraction of sp³-hybridized carbons (Fsp3) is 0.211. The Kier molecular flexibility index (Phi) is 5.91. The van der Waals surface area contributed by atoms with Crippen LogP contribution >= 0.6 is 22.9 Å². The van der Waals surface area contributed by atoms with Crippen molar-refractivity contribution in [2.45, 2.75) is 19.5 Å². The number of halogens is 1. The van der Waals surface area contributed by atoms with Gasteiger partial charge in [0.25, 0.3) is 0 Å². The van der Waals surface area contributed by atoms with Crippen molar-refractivity contribution in [1.82, 2.24) is 10.3 Å². The van der Waals surface area contributed by atoms with Gasteiger partial charge in [-0.2, -0.15) is 0 Å². The Bertz CT molecular complexity index is 802. The molecule has 2 N–H and O–H groups in total. The number of ether oxygens (including phenoxy) is 1. The lowest BCUT2D eigenvalue weighted by atomic mass is 10.1. The highest BCUT2D eigenvalue weighted by atomic mass is 35.5. The van der Waals surface area contributed by atoms with Gasteiger partial charge in [-0.15, -0.1) is 11.3 Å². The summed E-state index contributed by atoms with van der Waals surface area (Å²) in [5, 5.41) is 10.5. The summed E-state index contributed by atoms with van der Waals surface area (Å²) < 4.78 is 5.16. The summed E-state index contributed by atoms with van der Waals surface area (Å²) in [5.74, 6) is 0.839. The van der Waals surface area contributed by atoms with Crippen LogP contribution in [0.2, 0.25) is 5.02 Å². The van der Waals surface area contributed by atoms with E-state index in [9.17, 15) is 0 Å². The molecule has 0 saturated carbocycles. The Balaban J connectivity index is 1.55. The molecule has 2 aromatic carbocycles. The first-order chi connectivity index (χ1) is 12.1. The average Bonchev–Trinajstić information content (AvgIpc) is 3.08. The predicted octanol–water partition coefficient (Wildman–Crippen LogP) is 5.40. The van der Waals surface area contributed by atoms with Gasteiger partial charge in [0.1, 0.15) is 5.75 Å². The molecule has 3 rings (SSSR count). The fourth-order valence-electron chi connectivity index (χ4n) is 2.37. The number of hydrogen-bond acceptors (Lipinski definition) is 5. The summed E-state index contributed by atoms with van der Waals surface area (Å²) in [6, 6.07) is 15.9. The maximum atomic E-state index is 5.93. The topological polar surface area (TPSA) is 46.2 Å². The number of benzene rings is 2. The van der Waals surface area contributed by atoms with Crippen LogP contribution in [0.25, 0.3) is 0 Å². The number of thiazole rings is 1. The lowest BCUT2D eigenvalue weighted by Gasteiger charge is -2.13. The van der Waals surface area contributed by atoms with E-state index in [1.54, 1.807) is 18.4 Å². The van der Waals surface area contributed by atoms with Crippen molar-refractivity contribution in [2.24, 2.45) is 0 Å². The van der Waals surface area contributed by atoms with Crippen molar-refractivity contribution in [3.8, 4) is 5.75 Å².